The molecule has 0 saturated heterocycles. The van der Waals surface area contributed by atoms with Gasteiger partial charge < -0.3 is 4.42 Å². The number of nitrogens with zero attached hydrogens (tertiary/aromatic N) is 4. The summed E-state index contributed by atoms with van der Waals surface area (Å²) in [6, 6.07) is 76.2. The van der Waals surface area contributed by atoms with Gasteiger partial charge in [0.05, 0.1) is 11.2 Å². The first kappa shape index (κ1) is 40.1. The molecule has 0 amide bonds. The fourth-order valence-electron chi connectivity index (χ4n) is 9.90. The number of furan rings is 1. The van der Waals surface area contributed by atoms with Crippen molar-refractivity contribution in [2.75, 3.05) is 0 Å². The van der Waals surface area contributed by atoms with Gasteiger partial charge in [-0.1, -0.05) is 194 Å². The summed E-state index contributed by atoms with van der Waals surface area (Å²) in [5.41, 5.74) is 16.5. The van der Waals surface area contributed by atoms with Gasteiger partial charge in [0, 0.05) is 61.3 Å². The first-order valence-corrected chi connectivity index (χ1v) is 23.3. The molecule has 322 valence electrons. The van der Waals surface area contributed by atoms with Crippen LogP contribution in [0.4, 0.5) is 0 Å². The van der Waals surface area contributed by atoms with Crippen LogP contribution in [-0.2, 0) is 6.42 Å². The summed E-state index contributed by atoms with van der Waals surface area (Å²) in [4.78, 5) is 20.9. The fourth-order valence-corrected chi connectivity index (χ4v) is 9.90. The van der Waals surface area contributed by atoms with E-state index in [-0.39, 0.29) is 0 Å². The smallest absolute Gasteiger partial charge is 0.181 e. The normalized spacial score (nSPS) is 11.9. The molecule has 1 aliphatic rings. The van der Waals surface area contributed by atoms with Crippen LogP contribution in [0.5, 0.6) is 0 Å². The number of hydrogen-bond acceptors (Lipinski definition) is 5. The van der Waals surface area contributed by atoms with E-state index in [1.165, 1.54) is 16.5 Å². The summed E-state index contributed by atoms with van der Waals surface area (Å²) in [6.45, 7) is 0. The van der Waals surface area contributed by atoms with E-state index in [2.05, 4.69) is 218 Å². The third kappa shape index (κ3) is 7.33. The maximum Gasteiger partial charge on any atom is 0.181 e. The molecule has 5 heteroatoms. The largest absolute Gasteiger partial charge is 0.447 e. The van der Waals surface area contributed by atoms with Gasteiger partial charge in [-0.2, -0.15) is 0 Å². The van der Waals surface area contributed by atoms with Crippen LogP contribution in [0, 0.1) is 11.8 Å². The topological polar surface area (TPSA) is 64.7 Å². The molecule has 0 aliphatic heterocycles. The van der Waals surface area contributed by atoms with Crippen molar-refractivity contribution in [2.24, 2.45) is 0 Å². The van der Waals surface area contributed by atoms with Crippen LogP contribution in [0.25, 0.3) is 123 Å². The molecule has 1 aliphatic carbocycles. The Hall–Kier alpha value is -9.24. The van der Waals surface area contributed by atoms with Gasteiger partial charge in [-0.05, 0) is 81.6 Å². The van der Waals surface area contributed by atoms with E-state index in [9.17, 15) is 0 Å². The Morgan fingerprint density at radius 3 is 1.39 bits per heavy atom. The van der Waals surface area contributed by atoms with Gasteiger partial charge in [-0.25, -0.2) is 19.9 Å². The zero-order chi connectivity index (χ0) is 45.7. The van der Waals surface area contributed by atoms with E-state index in [0.29, 0.717) is 17.5 Å². The number of benzene rings is 9. The summed E-state index contributed by atoms with van der Waals surface area (Å²) < 4.78 is 6.58. The molecular formula is C64H40N4O. The number of fused-ring (bicyclic) bond motifs is 6. The minimum Gasteiger partial charge on any atom is -0.447 e. The number of para-hydroxylation sites is 1. The summed E-state index contributed by atoms with van der Waals surface area (Å²) in [5, 5.41) is 4.47. The average molecular weight is 881 g/mol. The highest BCUT2D eigenvalue weighted by Gasteiger charge is 2.24. The van der Waals surface area contributed by atoms with Crippen LogP contribution in [0.3, 0.4) is 0 Å². The van der Waals surface area contributed by atoms with Crippen LogP contribution < -0.4 is 0 Å². The molecule has 0 N–H and O–H groups in total. The lowest BCUT2D eigenvalue weighted by Crippen LogP contribution is -2.00. The van der Waals surface area contributed by atoms with Crippen molar-refractivity contribution in [3.8, 4) is 102 Å². The maximum absolute atomic E-state index is 6.58. The van der Waals surface area contributed by atoms with Crippen molar-refractivity contribution in [2.45, 2.75) is 12.8 Å². The van der Waals surface area contributed by atoms with Crippen molar-refractivity contribution < 1.29 is 4.42 Å². The molecule has 0 radical (unpaired) electrons. The Balaban J connectivity index is 0.924. The Bertz CT molecular complexity index is 3900. The maximum atomic E-state index is 6.58. The quantitative estimate of drug-likeness (QED) is 0.112. The van der Waals surface area contributed by atoms with Crippen LogP contribution in [0.2, 0.25) is 0 Å². The van der Waals surface area contributed by atoms with Crippen molar-refractivity contribution in [3.05, 3.63) is 230 Å². The standard InChI is InChI=1S/C64H40N4O/c1-4-17-41(18-5-1)46-23-14-26-49(37-46)62-66-63(50-27-15-24-47(38-50)42-19-6-2-7-20-42)68-64(67-62)51-28-16-25-48(39-51)43-33-35-45(36-34-43)61-54-40-57-60(53-30-11-13-32-56(53)69-57)58(44-21-8-3-9-22-44)59(54)52-29-10-12-31-55(52)65-61/h1-10,12,14-29,31,33-40H,11,30H2. The van der Waals surface area contributed by atoms with Crippen molar-refractivity contribution in [1.29, 1.82) is 0 Å². The molecule has 0 bridgehead atoms. The van der Waals surface area contributed by atoms with Crippen molar-refractivity contribution in [3.63, 3.8) is 0 Å². The van der Waals surface area contributed by atoms with Gasteiger partial charge in [-0.3, -0.25) is 0 Å². The number of rotatable bonds is 8. The SMILES string of the molecule is C1#Cc2oc3cc4c(-c5ccc(-c6cccc(-c7nc(-c8cccc(-c9ccccc9)c8)nc(-c8cccc(-c9ccccc9)c8)n7)c6)cc5)nc5ccccc5c4c(-c4ccccc4)c3c2CC1. The molecule has 3 aromatic heterocycles. The molecule has 3 heterocycles. The fraction of sp³-hybridized carbons (Fsp3) is 0.0312. The summed E-state index contributed by atoms with van der Waals surface area (Å²) in [7, 11) is 0. The van der Waals surface area contributed by atoms with Crippen LogP contribution in [-0.4, -0.2) is 19.9 Å². The minimum atomic E-state index is 0.599. The predicted octanol–water partition coefficient (Wildman–Crippen LogP) is 16.0. The Kier molecular flexibility index (Phi) is 9.80. The second kappa shape index (κ2) is 16.9. The second-order valence-corrected chi connectivity index (χ2v) is 17.5. The molecule has 5 nitrogen and oxygen atoms in total. The second-order valence-electron chi connectivity index (χ2n) is 17.5. The van der Waals surface area contributed by atoms with Gasteiger partial charge in [0.1, 0.15) is 5.58 Å². The summed E-state index contributed by atoms with van der Waals surface area (Å²) in [5.74, 6) is 9.15. The molecule has 0 unspecified atom stereocenters. The van der Waals surface area contributed by atoms with Crippen LogP contribution >= 0.6 is 0 Å². The zero-order valence-electron chi connectivity index (χ0n) is 37.4. The van der Waals surface area contributed by atoms with Gasteiger partial charge in [-0.15, -0.1) is 0 Å². The van der Waals surface area contributed by atoms with E-state index in [1.807, 2.05) is 12.1 Å². The van der Waals surface area contributed by atoms with Gasteiger partial charge in [0.25, 0.3) is 0 Å². The highest BCUT2D eigenvalue weighted by atomic mass is 16.3. The number of pyridine rings is 1. The monoisotopic (exact) mass is 880 g/mol. The lowest BCUT2D eigenvalue weighted by atomic mass is 9.88. The molecule has 13 rings (SSSR count). The Labute approximate surface area is 399 Å². The Morgan fingerprint density at radius 2 is 0.826 bits per heavy atom. The van der Waals surface area contributed by atoms with E-state index in [1.54, 1.807) is 0 Å². The number of aromatic nitrogens is 4. The van der Waals surface area contributed by atoms with E-state index in [0.717, 1.165) is 113 Å². The third-order valence-corrected chi connectivity index (χ3v) is 13.2. The predicted molar refractivity (Wildman–Crippen MR) is 281 cm³/mol. The van der Waals surface area contributed by atoms with Crippen LogP contribution in [0.15, 0.2) is 223 Å². The van der Waals surface area contributed by atoms with E-state index in [4.69, 9.17) is 24.4 Å². The van der Waals surface area contributed by atoms with E-state index >= 15 is 0 Å². The average Bonchev–Trinajstić information content (AvgIpc) is 3.81. The molecule has 69 heavy (non-hydrogen) atoms. The summed E-state index contributed by atoms with van der Waals surface area (Å²) >= 11 is 0. The molecular weight excluding hydrogens is 841 g/mol. The molecule has 9 aromatic carbocycles. The van der Waals surface area contributed by atoms with E-state index < -0.39 is 0 Å². The minimum absolute atomic E-state index is 0.599. The van der Waals surface area contributed by atoms with Crippen molar-refractivity contribution in [1.82, 2.24) is 19.9 Å². The first-order chi connectivity index (χ1) is 34.2. The molecule has 0 fully saturated rings. The molecule has 0 spiro atoms. The highest BCUT2D eigenvalue weighted by Crippen LogP contribution is 2.46. The first-order valence-electron chi connectivity index (χ1n) is 23.3. The van der Waals surface area contributed by atoms with Gasteiger partial charge >= 0.3 is 0 Å². The molecule has 0 atom stereocenters. The molecule has 0 saturated carbocycles. The van der Waals surface area contributed by atoms with Crippen molar-refractivity contribution >= 4 is 32.6 Å². The Morgan fingerprint density at radius 1 is 0.362 bits per heavy atom. The van der Waals surface area contributed by atoms with Crippen LogP contribution in [0.1, 0.15) is 17.7 Å². The van der Waals surface area contributed by atoms with Gasteiger partial charge in [0.15, 0.2) is 23.2 Å². The zero-order valence-corrected chi connectivity index (χ0v) is 37.4. The third-order valence-electron chi connectivity index (χ3n) is 13.2. The number of aryl methyl sites for hydroxylation is 1. The highest BCUT2D eigenvalue weighted by molar-refractivity contribution is 6.24. The lowest BCUT2D eigenvalue weighted by Gasteiger charge is -2.16. The van der Waals surface area contributed by atoms with Gasteiger partial charge in [0.2, 0.25) is 0 Å². The number of hydrogen-bond donors (Lipinski definition) is 0. The lowest BCUT2D eigenvalue weighted by molar-refractivity contribution is 0.593. The summed E-state index contributed by atoms with van der Waals surface area (Å²) in [6.07, 6.45) is 1.68. The molecule has 12 aromatic rings.